The first kappa shape index (κ1) is 9.95. The molecule has 0 spiro atoms. The molecule has 0 aromatic carbocycles. The van der Waals surface area contributed by atoms with Gasteiger partial charge in [-0.25, -0.2) is 0 Å². The average molecular weight is 152 g/mol. The lowest BCUT2D eigenvalue weighted by Crippen LogP contribution is -2.03. The third-order valence-electron chi connectivity index (χ3n) is 1.31. The molecule has 0 aliphatic rings. The Morgan fingerprint density at radius 3 is 2.27 bits per heavy atom. The quantitative estimate of drug-likeness (QED) is 0.472. The van der Waals surface area contributed by atoms with Gasteiger partial charge in [0.05, 0.1) is 0 Å². The lowest BCUT2D eigenvalue weighted by molar-refractivity contribution is 0.822. The first-order valence-electron chi connectivity index (χ1n) is 3.76. The standard InChI is InChI=1S/C9H16N2/c1-4-8(6-10)9(11)5-7(2)3/h4-7,10H,11H2,1-3H3/b8-4-,9-5+,10-6?. The number of hydrogen-bond donors (Lipinski definition) is 2. The van der Waals surface area contributed by atoms with Crippen LogP contribution >= 0.6 is 0 Å². The maximum atomic E-state index is 7.02. The minimum atomic E-state index is 0.435. The normalized spacial score (nSPS) is 13.8. The molecular formula is C9H16N2. The molecule has 3 N–H and O–H groups in total. The molecule has 0 aliphatic heterocycles. The van der Waals surface area contributed by atoms with Crippen LogP contribution in [-0.2, 0) is 0 Å². The first-order valence-corrected chi connectivity index (χ1v) is 3.76. The number of nitrogens with one attached hydrogen (secondary N) is 1. The van der Waals surface area contributed by atoms with Gasteiger partial charge in [-0.3, -0.25) is 0 Å². The smallest absolute Gasteiger partial charge is 0.0361 e. The molecule has 0 bridgehead atoms. The van der Waals surface area contributed by atoms with Gasteiger partial charge in [0.25, 0.3) is 0 Å². The molecule has 0 amide bonds. The average Bonchev–Trinajstić information content (AvgIpc) is 1.88. The van der Waals surface area contributed by atoms with Gasteiger partial charge in [-0.2, -0.15) is 0 Å². The van der Waals surface area contributed by atoms with Crippen molar-refractivity contribution in [2.24, 2.45) is 11.7 Å². The lowest BCUT2D eigenvalue weighted by atomic mass is 10.1. The van der Waals surface area contributed by atoms with Crippen molar-refractivity contribution in [1.82, 2.24) is 0 Å². The molecule has 62 valence electrons. The fraction of sp³-hybridized carbons (Fsp3) is 0.444. The predicted octanol–water partition coefficient (Wildman–Crippen LogP) is 2.08. The second kappa shape index (κ2) is 4.72. The SMILES string of the molecule is C/C=C(C=N)\C(N)=C/C(C)C. The molecule has 0 rings (SSSR count). The molecule has 0 unspecified atom stereocenters. The first-order chi connectivity index (χ1) is 5.11. The molecule has 0 saturated heterocycles. The van der Waals surface area contributed by atoms with Crippen molar-refractivity contribution in [3.63, 3.8) is 0 Å². The van der Waals surface area contributed by atoms with Gasteiger partial charge in [-0.1, -0.05) is 26.0 Å². The second-order valence-electron chi connectivity index (χ2n) is 2.75. The number of rotatable bonds is 3. The van der Waals surface area contributed by atoms with E-state index in [-0.39, 0.29) is 0 Å². The summed E-state index contributed by atoms with van der Waals surface area (Å²) in [6.45, 7) is 6.00. The van der Waals surface area contributed by atoms with E-state index in [2.05, 4.69) is 13.8 Å². The molecule has 2 heteroatoms. The Labute approximate surface area is 68.3 Å². The van der Waals surface area contributed by atoms with E-state index in [1.165, 1.54) is 6.21 Å². The number of nitrogens with two attached hydrogens (primary N) is 1. The Morgan fingerprint density at radius 1 is 1.45 bits per heavy atom. The fourth-order valence-corrected chi connectivity index (χ4v) is 0.789. The van der Waals surface area contributed by atoms with Crippen molar-refractivity contribution in [2.45, 2.75) is 20.8 Å². The van der Waals surface area contributed by atoms with Crippen LogP contribution in [-0.4, -0.2) is 6.21 Å². The molecule has 0 aromatic heterocycles. The zero-order valence-electron chi connectivity index (χ0n) is 7.39. The van der Waals surface area contributed by atoms with Gasteiger partial charge < -0.3 is 11.1 Å². The van der Waals surface area contributed by atoms with Crippen LogP contribution in [0.5, 0.6) is 0 Å². The molecule has 0 atom stereocenters. The highest BCUT2D eigenvalue weighted by Crippen LogP contribution is 2.04. The molecule has 11 heavy (non-hydrogen) atoms. The van der Waals surface area contributed by atoms with Crippen molar-refractivity contribution in [3.05, 3.63) is 23.4 Å². The maximum absolute atomic E-state index is 7.02. The van der Waals surface area contributed by atoms with Crippen LogP contribution in [0.1, 0.15) is 20.8 Å². The summed E-state index contributed by atoms with van der Waals surface area (Å²) in [5.41, 5.74) is 7.16. The van der Waals surface area contributed by atoms with Crippen LogP contribution in [0, 0.1) is 11.3 Å². The van der Waals surface area contributed by atoms with Gasteiger partial charge >= 0.3 is 0 Å². The highest BCUT2D eigenvalue weighted by molar-refractivity contribution is 5.81. The molecule has 0 radical (unpaired) electrons. The maximum Gasteiger partial charge on any atom is 0.0361 e. The van der Waals surface area contributed by atoms with Crippen molar-refractivity contribution >= 4 is 6.21 Å². The van der Waals surface area contributed by atoms with Gasteiger partial charge in [0.2, 0.25) is 0 Å². The van der Waals surface area contributed by atoms with Gasteiger partial charge in [0.1, 0.15) is 0 Å². The van der Waals surface area contributed by atoms with E-state index in [0.717, 1.165) is 5.57 Å². The van der Waals surface area contributed by atoms with E-state index in [0.29, 0.717) is 11.6 Å². The van der Waals surface area contributed by atoms with E-state index in [1.807, 2.05) is 19.1 Å². The number of hydrogen-bond acceptors (Lipinski definition) is 2. The summed E-state index contributed by atoms with van der Waals surface area (Å²) in [7, 11) is 0. The highest BCUT2D eigenvalue weighted by atomic mass is 14.6. The Balaban J connectivity index is 4.45. The second-order valence-corrected chi connectivity index (χ2v) is 2.75. The van der Waals surface area contributed by atoms with Crippen molar-refractivity contribution < 1.29 is 0 Å². The summed E-state index contributed by atoms with van der Waals surface area (Å²) >= 11 is 0. The van der Waals surface area contributed by atoms with E-state index in [1.54, 1.807) is 0 Å². The Bertz CT molecular complexity index is 188. The van der Waals surface area contributed by atoms with Crippen LogP contribution in [0.15, 0.2) is 23.4 Å². The monoisotopic (exact) mass is 152 g/mol. The Kier molecular flexibility index (Phi) is 4.27. The van der Waals surface area contributed by atoms with E-state index in [4.69, 9.17) is 11.1 Å². The molecule has 0 fully saturated rings. The van der Waals surface area contributed by atoms with Crippen molar-refractivity contribution in [1.29, 1.82) is 5.41 Å². The van der Waals surface area contributed by atoms with E-state index in [9.17, 15) is 0 Å². The van der Waals surface area contributed by atoms with Crippen molar-refractivity contribution in [2.75, 3.05) is 0 Å². The highest BCUT2D eigenvalue weighted by Gasteiger charge is 1.95. The van der Waals surface area contributed by atoms with Crippen LogP contribution in [0.25, 0.3) is 0 Å². The van der Waals surface area contributed by atoms with Crippen molar-refractivity contribution in [3.8, 4) is 0 Å². The van der Waals surface area contributed by atoms with Crippen LogP contribution < -0.4 is 5.73 Å². The largest absolute Gasteiger partial charge is 0.398 e. The Hall–Kier alpha value is -1.05. The van der Waals surface area contributed by atoms with Gasteiger partial charge in [0, 0.05) is 17.5 Å². The summed E-state index contributed by atoms with van der Waals surface area (Å²) in [6.07, 6.45) is 5.05. The minimum absolute atomic E-state index is 0.435. The third kappa shape index (κ3) is 3.61. The molecule has 2 nitrogen and oxygen atoms in total. The fourth-order valence-electron chi connectivity index (χ4n) is 0.789. The van der Waals surface area contributed by atoms with Gasteiger partial charge in [0.15, 0.2) is 0 Å². The van der Waals surface area contributed by atoms with Gasteiger partial charge in [-0.05, 0) is 12.8 Å². The summed E-state index contributed by atoms with van der Waals surface area (Å²) in [4.78, 5) is 0. The summed E-state index contributed by atoms with van der Waals surface area (Å²) in [6, 6.07) is 0. The number of allylic oxidation sites excluding steroid dienone is 3. The molecule has 0 aromatic rings. The van der Waals surface area contributed by atoms with Gasteiger partial charge in [-0.15, -0.1) is 0 Å². The topological polar surface area (TPSA) is 49.9 Å². The zero-order valence-corrected chi connectivity index (χ0v) is 7.39. The predicted molar refractivity (Wildman–Crippen MR) is 49.6 cm³/mol. The lowest BCUT2D eigenvalue weighted by Gasteiger charge is -2.02. The zero-order chi connectivity index (χ0) is 8.85. The third-order valence-corrected chi connectivity index (χ3v) is 1.31. The minimum Gasteiger partial charge on any atom is -0.398 e. The van der Waals surface area contributed by atoms with E-state index >= 15 is 0 Å². The van der Waals surface area contributed by atoms with Crippen LogP contribution in [0.4, 0.5) is 0 Å². The Morgan fingerprint density at radius 2 is 2.00 bits per heavy atom. The molecular weight excluding hydrogens is 136 g/mol. The molecule has 0 heterocycles. The van der Waals surface area contributed by atoms with E-state index < -0.39 is 0 Å². The summed E-state index contributed by atoms with van der Waals surface area (Å²) in [5.74, 6) is 0.435. The van der Waals surface area contributed by atoms with Crippen LogP contribution in [0.2, 0.25) is 0 Å². The molecule has 0 aliphatic carbocycles. The molecule has 0 saturated carbocycles. The summed E-state index contributed by atoms with van der Waals surface area (Å²) < 4.78 is 0. The van der Waals surface area contributed by atoms with Crippen LogP contribution in [0.3, 0.4) is 0 Å². The summed E-state index contributed by atoms with van der Waals surface area (Å²) in [5, 5.41) is 7.02.